The van der Waals surface area contributed by atoms with E-state index in [1.165, 1.54) is 9.08 Å². The largest absolute Gasteiger partial charge is 0.350 e. The molecule has 0 bridgehead atoms. The van der Waals surface area contributed by atoms with Crippen molar-refractivity contribution in [1.29, 1.82) is 0 Å². The van der Waals surface area contributed by atoms with Crippen LogP contribution >= 0.6 is 0 Å². The standard InChI is InChI=1S/C13H17N5O2/c14-10-4-7-16(9-10)12(19)5-8-18-13(20)17-6-2-1-3-11(17)15-18/h1-3,6,10H,4-5,7-9,14H2/t10-/m1/s1. The molecule has 2 aromatic rings. The molecule has 0 spiro atoms. The van der Waals surface area contributed by atoms with E-state index in [0.717, 1.165) is 6.42 Å². The third-order valence-corrected chi connectivity index (χ3v) is 3.60. The quantitative estimate of drug-likeness (QED) is 0.814. The van der Waals surface area contributed by atoms with E-state index in [9.17, 15) is 9.59 Å². The zero-order valence-electron chi connectivity index (χ0n) is 11.1. The molecular formula is C13H17N5O2. The zero-order chi connectivity index (χ0) is 14.1. The van der Waals surface area contributed by atoms with Crippen molar-refractivity contribution >= 4 is 11.6 Å². The van der Waals surface area contributed by atoms with E-state index in [1.54, 1.807) is 23.2 Å². The fourth-order valence-electron chi connectivity index (χ4n) is 2.49. The monoisotopic (exact) mass is 275 g/mol. The third kappa shape index (κ3) is 2.32. The van der Waals surface area contributed by atoms with Gasteiger partial charge in [0.2, 0.25) is 5.91 Å². The minimum absolute atomic E-state index is 0.0295. The number of likely N-dealkylation sites (tertiary alicyclic amines) is 1. The lowest BCUT2D eigenvalue weighted by Crippen LogP contribution is -2.33. The number of hydrogen-bond acceptors (Lipinski definition) is 4. The minimum Gasteiger partial charge on any atom is -0.341 e. The number of fused-ring (bicyclic) bond motifs is 1. The Balaban J connectivity index is 1.69. The van der Waals surface area contributed by atoms with Crippen LogP contribution in [0.5, 0.6) is 0 Å². The summed E-state index contributed by atoms with van der Waals surface area (Å²) >= 11 is 0. The van der Waals surface area contributed by atoms with Crippen LogP contribution in [0.1, 0.15) is 12.8 Å². The van der Waals surface area contributed by atoms with Crippen molar-refractivity contribution in [3.05, 3.63) is 34.9 Å². The molecule has 1 aliphatic rings. The van der Waals surface area contributed by atoms with Crippen molar-refractivity contribution < 1.29 is 4.79 Å². The van der Waals surface area contributed by atoms with E-state index in [4.69, 9.17) is 5.73 Å². The Labute approximate surface area is 115 Å². The van der Waals surface area contributed by atoms with E-state index in [0.29, 0.717) is 25.3 Å². The molecule has 3 heterocycles. The summed E-state index contributed by atoms with van der Waals surface area (Å²) in [6.45, 7) is 1.62. The molecule has 2 N–H and O–H groups in total. The summed E-state index contributed by atoms with van der Waals surface area (Å²) in [7, 11) is 0. The third-order valence-electron chi connectivity index (χ3n) is 3.60. The molecule has 0 radical (unpaired) electrons. The van der Waals surface area contributed by atoms with Crippen molar-refractivity contribution in [2.45, 2.75) is 25.4 Å². The topological polar surface area (TPSA) is 85.6 Å². The molecule has 1 atom stereocenters. The average Bonchev–Trinajstić information content (AvgIpc) is 3.01. The number of nitrogens with zero attached hydrogens (tertiary/aromatic N) is 4. The zero-order valence-corrected chi connectivity index (χ0v) is 11.1. The number of carbonyl (C=O) groups is 1. The number of hydrogen-bond donors (Lipinski definition) is 1. The molecule has 1 aliphatic heterocycles. The maximum absolute atomic E-state index is 12.0. The Kier molecular flexibility index (Phi) is 3.27. The van der Waals surface area contributed by atoms with Crippen LogP contribution in [-0.2, 0) is 11.3 Å². The second kappa shape index (κ2) is 5.09. The lowest BCUT2D eigenvalue weighted by Gasteiger charge is -2.15. The van der Waals surface area contributed by atoms with Crippen molar-refractivity contribution in [1.82, 2.24) is 19.1 Å². The normalized spacial score (nSPS) is 18.9. The van der Waals surface area contributed by atoms with Crippen LogP contribution in [0.3, 0.4) is 0 Å². The molecule has 0 unspecified atom stereocenters. The van der Waals surface area contributed by atoms with Gasteiger partial charge >= 0.3 is 5.69 Å². The van der Waals surface area contributed by atoms with E-state index >= 15 is 0 Å². The van der Waals surface area contributed by atoms with Gasteiger partial charge in [-0.3, -0.25) is 9.20 Å². The summed E-state index contributed by atoms with van der Waals surface area (Å²) in [4.78, 5) is 25.8. The summed E-state index contributed by atoms with van der Waals surface area (Å²) in [5.74, 6) is 0.0295. The van der Waals surface area contributed by atoms with Gasteiger partial charge in [-0.1, -0.05) is 6.07 Å². The number of amides is 1. The summed E-state index contributed by atoms with van der Waals surface area (Å²) in [6, 6.07) is 5.44. The first-order valence-corrected chi connectivity index (χ1v) is 6.73. The first-order chi connectivity index (χ1) is 9.65. The molecule has 0 aromatic carbocycles. The summed E-state index contributed by atoms with van der Waals surface area (Å²) in [5.41, 5.74) is 6.16. The second-order valence-electron chi connectivity index (χ2n) is 5.07. The number of carbonyl (C=O) groups excluding carboxylic acids is 1. The SMILES string of the molecule is N[C@@H]1CCN(C(=O)CCn2nc3ccccn3c2=O)C1. The van der Waals surface area contributed by atoms with E-state index in [1.807, 2.05) is 6.07 Å². The molecular weight excluding hydrogens is 258 g/mol. The van der Waals surface area contributed by atoms with Gasteiger partial charge in [-0.15, -0.1) is 5.10 Å². The van der Waals surface area contributed by atoms with Gasteiger partial charge in [-0.25, -0.2) is 9.48 Å². The van der Waals surface area contributed by atoms with Crippen molar-refractivity contribution in [3.8, 4) is 0 Å². The summed E-state index contributed by atoms with van der Waals surface area (Å²) in [6.07, 6.45) is 2.79. The van der Waals surface area contributed by atoms with Gasteiger partial charge in [0, 0.05) is 31.7 Å². The molecule has 1 saturated heterocycles. The van der Waals surface area contributed by atoms with E-state index in [-0.39, 0.29) is 24.1 Å². The highest BCUT2D eigenvalue weighted by molar-refractivity contribution is 5.76. The first kappa shape index (κ1) is 12.9. The summed E-state index contributed by atoms with van der Waals surface area (Å²) < 4.78 is 2.81. The van der Waals surface area contributed by atoms with Gasteiger partial charge in [0.1, 0.15) is 0 Å². The van der Waals surface area contributed by atoms with Crippen LogP contribution < -0.4 is 11.4 Å². The first-order valence-electron chi connectivity index (χ1n) is 6.73. The van der Waals surface area contributed by atoms with E-state index in [2.05, 4.69) is 5.10 Å². The van der Waals surface area contributed by atoms with Gasteiger partial charge in [0.05, 0.1) is 6.54 Å². The Hall–Kier alpha value is -2.15. The highest BCUT2D eigenvalue weighted by Gasteiger charge is 2.23. The van der Waals surface area contributed by atoms with Gasteiger partial charge < -0.3 is 10.6 Å². The Morgan fingerprint density at radius 2 is 2.30 bits per heavy atom. The Bertz CT molecular complexity index is 689. The van der Waals surface area contributed by atoms with Crippen LogP contribution in [0.4, 0.5) is 0 Å². The molecule has 2 aromatic heterocycles. The lowest BCUT2D eigenvalue weighted by molar-refractivity contribution is -0.130. The molecule has 0 aliphatic carbocycles. The number of aryl methyl sites for hydroxylation is 1. The number of rotatable bonds is 3. The maximum Gasteiger partial charge on any atom is 0.350 e. The van der Waals surface area contributed by atoms with Crippen molar-refractivity contribution in [2.24, 2.45) is 5.73 Å². The van der Waals surface area contributed by atoms with Crippen LogP contribution in [0.25, 0.3) is 5.65 Å². The molecule has 3 rings (SSSR count). The van der Waals surface area contributed by atoms with Crippen LogP contribution in [0.15, 0.2) is 29.2 Å². The Morgan fingerprint density at radius 3 is 3.00 bits per heavy atom. The fraction of sp³-hybridized carbons (Fsp3) is 0.462. The smallest absolute Gasteiger partial charge is 0.341 e. The van der Waals surface area contributed by atoms with Crippen LogP contribution in [0, 0.1) is 0 Å². The maximum atomic E-state index is 12.0. The highest BCUT2D eigenvalue weighted by atomic mass is 16.2. The second-order valence-corrected chi connectivity index (χ2v) is 5.07. The molecule has 0 saturated carbocycles. The fourth-order valence-corrected chi connectivity index (χ4v) is 2.49. The van der Waals surface area contributed by atoms with Gasteiger partial charge in [0.25, 0.3) is 0 Å². The number of nitrogens with two attached hydrogens (primary N) is 1. The minimum atomic E-state index is -0.216. The number of pyridine rings is 1. The molecule has 7 nitrogen and oxygen atoms in total. The van der Waals surface area contributed by atoms with Gasteiger partial charge in [0.15, 0.2) is 5.65 Å². The van der Waals surface area contributed by atoms with Crippen LogP contribution in [-0.4, -0.2) is 44.1 Å². The Morgan fingerprint density at radius 1 is 1.45 bits per heavy atom. The molecule has 20 heavy (non-hydrogen) atoms. The predicted octanol–water partition coefficient (Wildman–Crippen LogP) is -0.554. The molecule has 106 valence electrons. The highest BCUT2D eigenvalue weighted by Crippen LogP contribution is 2.08. The van der Waals surface area contributed by atoms with Crippen molar-refractivity contribution in [3.63, 3.8) is 0 Å². The van der Waals surface area contributed by atoms with Crippen LogP contribution in [0.2, 0.25) is 0 Å². The van der Waals surface area contributed by atoms with Crippen molar-refractivity contribution in [2.75, 3.05) is 13.1 Å². The van der Waals surface area contributed by atoms with E-state index < -0.39 is 0 Å². The van der Waals surface area contributed by atoms with Gasteiger partial charge in [-0.05, 0) is 18.6 Å². The lowest BCUT2D eigenvalue weighted by atomic mass is 10.3. The molecule has 1 amide bonds. The average molecular weight is 275 g/mol. The number of aromatic nitrogens is 3. The molecule has 1 fully saturated rings. The predicted molar refractivity (Wildman–Crippen MR) is 73.2 cm³/mol. The van der Waals surface area contributed by atoms with Gasteiger partial charge in [-0.2, -0.15) is 0 Å². The summed E-state index contributed by atoms with van der Waals surface area (Å²) in [5, 5.41) is 4.20. The molecule has 7 heteroatoms.